The van der Waals surface area contributed by atoms with E-state index in [-0.39, 0.29) is 0 Å². The van der Waals surface area contributed by atoms with Gasteiger partial charge in [-0.25, -0.2) is 17.2 Å². The summed E-state index contributed by atoms with van der Waals surface area (Å²) in [5.74, 6) is -15.0. The zero-order chi connectivity index (χ0) is 18.1. The molecule has 0 aliphatic carbocycles. The maximum absolute atomic E-state index is 13.5. The molecule has 23 heavy (non-hydrogen) atoms. The first-order chi connectivity index (χ1) is 10.4. The predicted octanol–water partition coefficient (Wildman–Crippen LogP) is 2.58. The lowest BCUT2D eigenvalue weighted by Crippen LogP contribution is -2.23. The van der Waals surface area contributed by atoms with E-state index in [4.69, 9.17) is 0 Å². The number of rotatable bonds is 5. The van der Waals surface area contributed by atoms with Crippen LogP contribution in [0.1, 0.15) is 0 Å². The zero-order valence-electron chi connectivity index (χ0n) is 10.7. The molecule has 0 saturated carbocycles. The lowest BCUT2D eigenvalue weighted by molar-refractivity contribution is -0.0482. The van der Waals surface area contributed by atoms with Crippen molar-refractivity contribution >= 4 is 10.1 Å². The van der Waals surface area contributed by atoms with Crippen LogP contribution in [0.25, 0.3) is 0 Å². The minimum atomic E-state index is -5.96. The van der Waals surface area contributed by atoms with Gasteiger partial charge >= 0.3 is 6.08 Å². The molecule has 0 fully saturated rings. The summed E-state index contributed by atoms with van der Waals surface area (Å²) in [5, 5.41) is 0. The molecule has 1 unspecified atom stereocenters. The smallest absolute Gasteiger partial charge is 0.308 e. The molecule has 1 rings (SSSR count). The summed E-state index contributed by atoms with van der Waals surface area (Å²) in [6.45, 7) is 0. The molecule has 1 atom stereocenters. The van der Waals surface area contributed by atoms with Gasteiger partial charge in [0.1, 0.15) is 15.0 Å². The van der Waals surface area contributed by atoms with Gasteiger partial charge in [0.05, 0.1) is 0 Å². The van der Waals surface area contributed by atoms with Gasteiger partial charge in [0.25, 0.3) is 6.29 Å². The highest BCUT2D eigenvalue weighted by Gasteiger charge is 2.33. The fraction of sp³-hybridized carbons (Fsp3) is 0.200. The van der Waals surface area contributed by atoms with Crippen molar-refractivity contribution in [2.45, 2.75) is 11.2 Å². The number of benzene rings is 1. The third-order valence-corrected chi connectivity index (χ3v) is 3.12. The van der Waals surface area contributed by atoms with Gasteiger partial charge in [0.15, 0.2) is 11.6 Å². The van der Waals surface area contributed by atoms with Gasteiger partial charge < -0.3 is 14.0 Å². The van der Waals surface area contributed by atoms with Gasteiger partial charge in [-0.3, -0.25) is 0 Å². The Morgan fingerprint density at radius 2 is 1.43 bits per heavy atom. The van der Waals surface area contributed by atoms with Crippen molar-refractivity contribution in [3.63, 3.8) is 0 Å². The van der Waals surface area contributed by atoms with Crippen LogP contribution in [0.5, 0.6) is 5.75 Å². The molecule has 130 valence electrons. The highest BCUT2D eigenvalue weighted by atomic mass is 32.2. The lowest BCUT2D eigenvalue weighted by Gasteiger charge is -2.18. The monoisotopic (exact) mass is 369 g/mol. The maximum atomic E-state index is 13.5. The van der Waals surface area contributed by atoms with Crippen LogP contribution in [0.2, 0.25) is 0 Å². The third-order valence-electron chi connectivity index (χ3n) is 2.26. The molecule has 1 aromatic carbocycles. The number of hydrogen-bond donors (Lipinski definition) is 0. The van der Waals surface area contributed by atoms with Crippen molar-refractivity contribution in [2.24, 2.45) is 0 Å². The van der Waals surface area contributed by atoms with Gasteiger partial charge in [0, 0.05) is 7.11 Å². The van der Waals surface area contributed by atoms with Crippen LogP contribution in [0, 0.1) is 23.3 Å². The molecule has 0 aliphatic heterocycles. The van der Waals surface area contributed by atoms with Gasteiger partial charge in [-0.05, 0) is 0 Å². The average molecular weight is 369 g/mol. The average Bonchev–Trinajstić information content (AvgIpc) is 2.43. The second kappa shape index (κ2) is 6.72. The highest BCUT2D eigenvalue weighted by Crippen LogP contribution is 2.34. The molecule has 0 spiro atoms. The summed E-state index contributed by atoms with van der Waals surface area (Å²) in [4.78, 5) is -2.48. The number of methoxy groups -OCH3 is 1. The molecule has 1 aromatic rings. The summed E-state index contributed by atoms with van der Waals surface area (Å²) in [5.41, 5.74) is 0. The second-order valence-corrected chi connectivity index (χ2v) is 4.98. The number of hydrogen-bond acceptors (Lipinski definition) is 5. The SMILES string of the molecule is COC(Oc1c(F)c(F)c(S(=O)(=O)[O-])c(F)c1F)C(F)=C(F)F. The van der Waals surface area contributed by atoms with Crippen LogP contribution in [0.4, 0.5) is 30.7 Å². The molecule has 0 radical (unpaired) electrons. The van der Waals surface area contributed by atoms with E-state index in [0.29, 0.717) is 7.11 Å². The van der Waals surface area contributed by atoms with Crippen molar-refractivity contribution in [1.29, 1.82) is 0 Å². The molecule has 0 amide bonds. The predicted molar refractivity (Wildman–Crippen MR) is 56.0 cm³/mol. The largest absolute Gasteiger partial charge is 0.744 e. The number of ether oxygens (including phenoxy) is 2. The van der Waals surface area contributed by atoms with Crippen LogP contribution in [0.3, 0.4) is 0 Å². The van der Waals surface area contributed by atoms with Crippen molar-refractivity contribution < 1.29 is 53.2 Å². The Balaban J connectivity index is 3.55. The van der Waals surface area contributed by atoms with E-state index >= 15 is 0 Å². The summed E-state index contributed by atoms with van der Waals surface area (Å²) in [6.07, 6.45) is -5.81. The van der Waals surface area contributed by atoms with Crippen molar-refractivity contribution in [3.05, 3.63) is 35.2 Å². The Bertz CT molecular complexity index is 728. The molecule has 0 saturated heterocycles. The molecule has 0 aromatic heterocycles. The summed E-state index contributed by atoms with van der Waals surface area (Å²) < 4.78 is 130. The van der Waals surface area contributed by atoms with Gasteiger partial charge in [0.2, 0.25) is 23.2 Å². The van der Waals surface area contributed by atoms with Crippen LogP contribution in [0.15, 0.2) is 16.8 Å². The van der Waals surface area contributed by atoms with E-state index in [1.165, 1.54) is 0 Å². The molecule has 0 bridgehead atoms. The lowest BCUT2D eigenvalue weighted by atomic mass is 10.3. The van der Waals surface area contributed by atoms with Crippen LogP contribution in [-0.4, -0.2) is 26.4 Å². The second-order valence-electron chi connectivity index (χ2n) is 3.66. The molecule has 0 heterocycles. The summed E-state index contributed by atoms with van der Waals surface area (Å²) in [6, 6.07) is 0. The summed E-state index contributed by atoms with van der Waals surface area (Å²) >= 11 is 0. The van der Waals surface area contributed by atoms with E-state index in [1.807, 2.05) is 0 Å². The minimum Gasteiger partial charge on any atom is -0.744 e. The van der Waals surface area contributed by atoms with E-state index in [0.717, 1.165) is 0 Å². The maximum Gasteiger partial charge on any atom is 0.308 e. The molecule has 13 heteroatoms. The molecule has 5 nitrogen and oxygen atoms in total. The quantitative estimate of drug-likeness (QED) is 0.345. The fourth-order valence-electron chi connectivity index (χ4n) is 1.31. The standard InChI is InChI=1S/C10H5F7O5S/c1-21-10(6(15)9(16)17)22-7-2(11)4(13)8(23(18,19)20)5(14)3(7)12/h10H,1H3,(H,18,19,20)/p-1. The normalized spacial score (nSPS) is 12.9. The fourth-order valence-corrected chi connectivity index (χ4v) is 1.93. The molecule has 0 N–H and O–H groups in total. The highest BCUT2D eigenvalue weighted by molar-refractivity contribution is 7.85. The molecular formula is C10H4F7O5S-. The topological polar surface area (TPSA) is 75.7 Å². The van der Waals surface area contributed by atoms with Crippen LogP contribution < -0.4 is 4.74 Å². The van der Waals surface area contributed by atoms with Crippen LogP contribution in [-0.2, 0) is 14.9 Å². The summed E-state index contributed by atoms with van der Waals surface area (Å²) in [7, 11) is -5.41. The first-order valence-corrected chi connectivity index (χ1v) is 6.56. The van der Waals surface area contributed by atoms with Crippen molar-refractivity contribution in [3.8, 4) is 5.75 Å². The number of halogens is 7. The zero-order valence-corrected chi connectivity index (χ0v) is 11.5. The third kappa shape index (κ3) is 3.73. The van der Waals surface area contributed by atoms with Gasteiger partial charge in [-0.2, -0.15) is 22.0 Å². The van der Waals surface area contributed by atoms with Crippen LogP contribution >= 0.6 is 0 Å². The molecule has 0 aliphatic rings. The van der Waals surface area contributed by atoms with E-state index < -0.39 is 62.2 Å². The minimum absolute atomic E-state index is 0.548. The Morgan fingerprint density at radius 3 is 1.74 bits per heavy atom. The first-order valence-electron chi connectivity index (χ1n) is 5.15. The van der Waals surface area contributed by atoms with Gasteiger partial charge in [-0.15, -0.1) is 0 Å². The first kappa shape index (κ1) is 19.2. The van der Waals surface area contributed by atoms with E-state index in [9.17, 15) is 43.7 Å². The van der Waals surface area contributed by atoms with E-state index in [1.54, 1.807) is 0 Å². The Kier molecular flexibility index (Phi) is 5.60. The Morgan fingerprint density at radius 1 is 1.00 bits per heavy atom. The molecular weight excluding hydrogens is 365 g/mol. The Hall–Kier alpha value is -1.86. The van der Waals surface area contributed by atoms with Gasteiger partial charge in [-0.1, -0.05) is 0 Å². The van der Waals surface area contributed by atoms with Crippen molar-refractivity contribution in [2.75, 3.05) is 7.11 Å². The Labute approximate surface area is 123 Å². The van der Waals surface area contributed by atoms with E-state index in [2.05, 4.69) is 9.47 Å². The van der Waals surface area contributed by atoms with Crippen molar-refractivity contribution in [1.82, 2.24) is 0 Å².